The van der Waals surface area contributed by atoms with Crippen LogP contribution >= 0.6 is 0 Å². The van der Waals surface area contributed by atoms with Gasteiger partial charge in [0.1, 0.15) is 11.5 Å². The number of hydrogen-bond donors (Lipinski definition) is 1. The molecule has 2 heterocycles. The van der Waals surface area contributed by atoms with Crippen LogP contribution in [0, 0.1) is 20.8 Å². The van der Waals surface area contributed by atoms with Crippen molar-refractivity contribution in [1.29, 1.82) is 0 Å². The van der Waals surface area contributed by atoms with Gasteiger partial charge in [-0.2, -0.15) is 0 Å². The van der Waals surface area contributed by atoms with E-state index in [1.807, 2.05) is 61.2 Å². The molecule has 1 aliphatic rings. The highest BCUT2D eigenvalue weighted by atomic mass is 16.5. The van der Waals surface area contributed by atoms with Crippen molar-refractivity contribution in [3.05, 3.63) is 65.0 Å². The van der Waals surface area contributed by atoms with E-state index in [0.717, 1.165) is 41.5 Å². The second-order valence-corrected chi connectivity index (χ2v) is 8.47. The number of anilines is 1. The summed E-state index contributed by atoms with van der Waals surface area (Å²) in [5, 5.41) is 3.02. The molecule has 0 aliphatic carbocycles. The third kappa shape index (κ3) is 5.54. The van der Waals surface area contributed by atoms with E-state index in [-0.39, 0.29) is 6.03 Å². The molecule has 0 radical (unpaired) electrons. The van der Waals surface area contributed by atoms with Crippen molar-refractivity contribution in [2.75, 3.05) is 38.1 Å². The van der Waals surface area contributed by atoms with Crippen molar-refractivity contribution in [3.63, 3.8) is 0 Å². The molecule has 2 amide bonds. The minimum Gasteiger partial charge on any atom is -0.494 e. The zero-order chi connectivity index (χ0) is 23.4. The molecule has 1 saturated heterocycles. The van der Waals surface area contributed by atoms with E-state index >= 15 is 0 Å². The van der Waals surface area contributed by atoms with Crippen LogP contribution in [0.1, 0.15) is 29.5 Å². The van der Waals surface area contributed by atoms with Crippen LogP contribution in [0.25, 0.3) is 11.5 Å². The standard InChI is InChI=1S/C26H32N4O3/c1-5-32-23-10-7-21(8-11-23)25-28-24(20(4)33-25)17-29-12-14-30(15-13-29)26(31)27-22-9-6-18(2)19(3)16-22/h6-11,16H,5,12-15,17H2,1-4H3,(H,27,31). The molecular formula is C26H32N4O3. The zero-order valence-corrected chi connectivity index (χ0v) is 19.9. The fourth-order valence-electron chi connectivity index (χ4n) is 3.90. The van der Waals surface area contributed by atoms with E-state index in [2.05, 4.69) is 24.1 Å². The topological polar surface area (TPSA) is 70.8 Å². The Hall–Kier alpha value is -3.32. The highest BCUT2D eigenvalue weighted by Crippen LogP contribution is 2.25. The highest BCUT2D eigenvalue weighted by Gasteiger charge is 2.23. The number of oxazole rings is 1. The van der Waals surface area contributed by atoms with Crippen LogP contribution in [0.15, 0.2) is 46.9 Å². The second kappa shape index (κ2) is 10.1. The van der Waals surface area contributed by atoms with Crippen molar-refractivity contribution in [2.45, 2.75) is 34.2 Å². The summed E-state index contributed by atoms with van der Waals surface area (Å²) >= 11 is 0. The molecule has 1 N–H and O–H groups in total. The lowest BCUT2D eigenvalue weighted by molar-refractivity contribution is 0.141. The molecule has 0 saturated carbocycles. The van der Waals surface area contributed by atoms with Crippen molar-refractivity contribution in [1.82, 2.24) is 14.8 Å². The van der Waals surface area contributed by atoms with Crippen molar-refractivity contribution in [2.24, 2.45) is 0 Å². The Morgan fingerprint density at radius 3 is 2.42 bits per heavy atom. The minimum atomic E-state index is -0.0479. The SMILES string of the molecule is CCOc1ccc(-c2nc(CN3CCN(C(=O)Nc4ccc(C)c(C)c4)CC3)c(C)o2)cc1. The summed E-state index contributed by atoms with van der Waals surface area (Å²) in [5.41, 5.74) is 5.10. The lowest BCUT2D eigenvalue weighted by Crippen LogP contribution is -2.49. The van der Waals surface area contributed by atoms with Crippen LogP contribution in [0.2, 0.25) is 0 Å². The van der Waals surface area contributed by atoms with Crippen LogP contribution in [-0.2, 0) is 6.54 Å². The maximum atomic E-state index is 12.7. The van der Waals surface area contributed by atoms with Gasteiger partial charge in [0.15, 0.2) is 0 Å². The molecule has 1 fully saturated rings. The van der Waals surface area contributed by atoms with Crippen molar-refractivity contribution >= 4 is 11.7 Å². The zero-order valence-electron chi connectivity index (χ0n) is 19.9. The van der Waals surface area contributed by atoms with Gasteiger partial charge in [-0.25, -0.2) is 9.78 Å². The maximum Gasteiger partial charge on any atom is 0.321 e. The molecular weight excluding hydrogens is 416 g/mol. The molecule has 0 atom stereocenters. The maximum absolute atomic E-state index is 12.7. The van der Waals surface area contributed by atoms with Gasteiger partial charge in [-0.3, -0.25) is 4.90 Å². The Labute approximate surface area is 195 Å². The predicted octanol–water partition coefficient (Wildman–Crippen LogP) is 5.02. The van der Waals surface area contributed by atoms with Crippen molar-refractivity contribution in [3.8, 4) is 17.2 Å². The number of ether oxygens (including phenoxy) is 1. The fourth-order valence-corrected chi connectivity index (χ4v) is 3.90. The number of rotatable bonds is 6. The summed E-state index contributed by atoms with van der Waals surface area (Å²) in [6.07, 6.45) is 0. The number of nitrogens with one attached hydrogen (secondary N) is 1. The first kappa shape index (κ1) is 22.9. The van der Waals surface area contributed by atoms with E-state index in [0.29, 0.717) is 32.1 Å². The van der Waals surface area contributed by atoms with Crippen LogP contribution in [0.3, 0.4) is 0 Å². The lowest BCUT2D eigenvalue weighted by atomic mass is 10.1. The predicted molar refractivity (Wildman–Crippen MR) is 130 cm³/mol. The smallest absolute Gasteiger partial charge is 0.321 e. The summed E-state index contributed by atoms with van der Waals surface area (Å²) in [4.78, 5) is 21.6. The summed E-state index contributed by atoms with van der Waals surface area (Å²) in [6.45, 7) is 12.3. The first-order valence-electron chi connectivity index (χ1n) is 11.5. The number of amides is 2. The molecule has 7 heteroatoms. The van der Waals surface area contributed by atoms with Gasteiger partial charge in [0.2, 0.25) is 5.89 Å². The molecule has 0 unspecified atom stereocenters. The average Bonchev–Trinajstić information content (AvgIpc) is 3.17. The van der Waals surface area contributed by atoms with Crippen LogP contribution in [0.4, 0.5) is 10.5 Å². The number of aryl methyl sites for hydroxylation is 3. The first-order valence-corrected chi connectivity index (χ1v) is 11.5. The average molecular weight is 449 g/mol. The number of carbonyl (C=O) groups is 1. The Morgan fingerprint density at radius 1 is 1.03 bits per heavy atom. The molecule has 4 rings (SSSR count). The summed E-state index contributed by atoms with van der Waals surface area (Å²) < 4.78 is 11.4. The minimum absolute atomic E-state index is 0.0479. The number of piperazine rings is 1. The monoisotopic (exact) mass is 448 g/mol. The van der Waals surface area contributed by atoms with Gasteiger partial charge in [-0.15, -0.1) is 0 Å². The van der Waals surface area contributed by atoms with E-state index in [9.17, 15) is 4.79 Å². The van der Waals surface area contributed by atoms with Crippen LogP contribution < -0.4 is 10.1 Å². The number of nitrogens with zero attached hydrogens (tertiary/aromatic N) is 3. The molecule has 1 aliphatic heterocycles. The van der Waals surface area contributed by atoms with E-state index in [1.54, 1.807) is 0 Å². The molecule has 7 nitrogen and oxygen atoms in total. The number of hydrogen-bond acceptors (Lipinski definition) is 5. The van der Waals surface area contributed by atoms with Gasteiger partial charge in [-0.05, 0) is 75.2 Å². The van der Waals surface area contributed by atoms with E-state index in [1.165, 1.54) is 11.1 Å². The van der Waals surface area contributed by atoms with Gasteiger partial charge in [0.25, 0.3) is 0 Å². The first-order chi connectivity index (χ1) is 15.9. The van der Waals surface area contributed by atoms with Gasteiger partial charge in [0, 0.05) is 44.0 Å². The fraction of sp³-hybridized carbons (Fsp3) is 0.385. The Morgan fingerprint density at radius 2 is 1.76 bits per heavy atom. The van der Waals surface area contributed by atoms with E-state index in [4.69, 9.17) is 14.1 Å². The normalized spacial score (nSPS) is 14.4. The third-order valence-corrected chi connectivity index (χ3v) is 6.10. The highest BCUT2D eigenvalue weighted by molar-refractivity contribution is 5.89. The quantitative estimate of drug-likeness (QED) is 0.574. The molecule has 174 valence electrons. The molecule has 1 aromatic heterocycles. The number of benzene rings is 2. The number of aromatic nitrogens is 1. The third-order valence-electron chi connectivity index (χ3n) is 6.10. The van der Waals surface area contributed by atoms with Gasteiger partial charge in [-0.1, -0.05) is 6.07 Å². The largest absolute Gasteiger partial charge is 0.494 e. The van der Waals surface area contributed by atoms with Crippen LogP contribution in [0.5, 0.6) is 5.75 Å². The second-order valence-electron chi connectivity index (χ2n) is 8.47. The number of carbonyl (C=O) groups excluding carboxylic acids is 1. The Kier molecular flexibility index (Phi) is 6.99. The lowest BCUT2D eigenvalue weighted by Gasteiger charge is -2.34. The van der Waals surface area contributed by atoms with Crippen LogP contribution in [-0.4, -0.2) is 53.6 Å². The summed E-state index contributed by atoms with van der Waals surface area (Å²) in [6, 6.07) is 13.7. The summed E-state index contributed by atoms with van der Waals surface area (Å²) in [7, 11) is 0. The van der Waals surface area contributed by atoms with E-state index < -0.39 is 0 Å². The Balaban J connectivity index is 1.31. The molecule has 2 aromatic carbocycles. The summed E-state index contributed by atoms with van der Waals surface area (Å²) in [5.74, 6) is 2.29. The number of urea groups is 1. The Bertz CT molecular complexity index is 1100. The molecule has 0 spiro atoms. The van der Waals surface area contributed by atoms with Gasteiger partial charge in [0.05, 0.1) is 12.3 Å². The van der Waals surface area contributed by atoms with Gasteiger partial charge < -0.3 is 19.4 Å². The molecule has 33 heavy (non-hydrogen) atoms. The molecule has 0 bridgehead atoms. The van der Waals surface area contributed by atoms with Crippen molar-refractivity contribution < 1.29 is 13.9 Å². The van der Waals surface area contributed by atoms with Gasteiger partial charge >= 0.3 is 6.03 Å². The molecule has 3 aromatic rings.